The summed E-state index contributed by atoms with van der Waals surface area (Å²) in [7, 11) is 2.20. The number of carbonyl (C=O) groups is 2. The van der Waals surface area contributed by atoms with Gasteiger partial charge in [-0.15, -0.1) is 0 Å². The fourth-order valence-corrected chi connectivity index (χ4v) is 3.24. The van der Waals surface area contributed by atoms with Crippen molar-refractivity contribution >= 4 is 23.5 Å². The Morgan fingerprint density at radius 2 is 1.72 bits per heavy atom. The second-order valence-corrected chi connectivity index (χ2v) is 6.54. The SMILES string of the molecule is COC(=O)c1ccc(C(C)C(O)(c2ccnc(C(=O)OC)c2)C(F)(F)F)c(Cl)c1. The highest BCUT2D eigenvalue weighted by Crippen LogP contribution is 2.49. The number of nitrogens with zero attached hydrogens (tertiary/aromatic N) is 1. The monoisotopic (exact) mass is 431 g/mol. The van der Waals surface area contributed by atoms with Crippen LogP contribution >= 0.6 is 11.6 Å². The molecule has 0 radical (unpaired) electrons. The van der Waals surface area contributed by atoms with Gasteiger partial charge in [-0.1, -0.05) is 24.6 Å². The van der Waals surface area contributed by atoms with Crippen molar-refractivity contribution < 1.29 is 37.3 Å². The Bertz CT molecular complexity index is 934. The van der Waals surface area contributed by atoms with Gasteiger partial charge in [0.05, 0.1) is 19.8 Å². The summed E-state index contributed by atoms with van der Waals surface area (Å²) in [5.74, 6) is -3.27. The fraction of sp³-hybridized carbons (Fsp3) is 0.316. The van der Waals surface area contributed by atoms with E-state index in [1.165, 1.54) is 12.1 Å². The summed E-state index contributed by atoms with van der Waals surface area (Å²) in [5, 5.41) is 10.7. The number of pyridine rings is 1. The Balaban J connectivity index is 2.61. The van der Waals surface area contributed by atoms with Crippen LogP contribution in [-0.4, -0.2) is 42.4 Å². The molecule has 156 valence electrons. The van der Waals surface area contributed by atoms with E-state index >= 15 is 0 Å². The number of aliphatic hydroxyl groups is 1. The number of halogens is 4. The highest BCUT2D eigenvalue weighted by atomic mass is 35.5. The summed E-state index contributed by atoms with van der Waals surface area (Å²) >= 11 is 6.10. The van der Waals surface area contributed by atoms with Crippen molar-refractivity contribution in [2.75, 3.05) is 14.2 Å². The van der Waals surface area contributed by atoms with Crippen molar-refractivity contribution in [3.63, 3.8) is 0 Å². The zero-order valence-corrected chi connectivity index (χ0v) is 16.3. The highest BCUT2D eigenvalue weighted by Gasteiger charge is 2.59. The number of aromatic nitrogens is 1. The van der Waals surface area contributed by atoms with E-state index in [0.29, 0.717) is 0 Å². The maximum Gasteiger partial charge on any atom is 0.422 e. The largest absolute Gasteiger partial charge is 0.465 e. The number of benzene rings is 1. The first-order valence-electron chi connectivity index (χ1n) is 8.19. The first kappa shape index (κ1) is 22.6. The average molecular weight is 432 g/mol. The molecule has 0 amide bonds. The van der Waals surface area contributed by atoms with Gasteiger partial charge < -0.3 is 14.6 Å². The molecule has 1 N–H and O–H groups in total. The number of rotatable bonds is 5. The molecule has 0 aliphatic carbocycles. The second-order valence-electron chi connectivity index (χ2n) is 6.14. The molecule has 2 rings (SSSR count). The Kier molecular flexibility index (Phi) is 6.54. The van der Waals surface area contributed by atoms with Crippen LogP contribution in [0.2, 0.25) is 5.02 Å². The molecule has 2 aromatic rings. The van der Waals surface area contributed by atoms with E-state index in [4.69, 9.17) is 11.6 Å². The average Bonchev–Trinajstić information content (AvgIpc) is 2.70. The van der Waals surface area contributed by atoms with Crippen LogP contribution in [0.3, 0.4) is 0 Å². The number of methoxy groups -OCH3 is 2. The quantitative estimate of drug-likeness (QED) is 0.723. The van der Waals surface area contributed by atoms with Crippen LogP contribution in [0.4, 0.5) is 13.2 Å². The molecule has 0 bridgehead atoms. The molecule has 0 fully saturated rings. The number of hydrogen-bond donors (Lipinski definition) is 1. The lowest BCUT2D eigenvalue weighted by atomic mass is 9.77. The number of hydrogen-bond acceptors (Lipinski definition) is 6. The van der Waals surface area contributed by atoms with Crippen LogP contribution < -0.4 is 0 Å². The minimum Gasteiger partial charge on any atom is -0.465 e. The van der Waals surface area contributed by atoms with E-state index < -0.39 is 40.9 Å². The summed E-state index contributed by atoms with van der Waals surface area (Å²) < 4.78 is 51.1. The summed E-state index contributed by atoms with van der Waals surface area (Å²) in [4.78, 5) is 26.9. The molecule has 10 heteroatoms. The summed E-state index contributed by atoms with van der Waals surface area (Å²) in [6.45, 7) is 1.13. The molecule has 0 saturated heterocycles. The standard InChI is InChI=1S/C19H17ClF3NO5/c1-10(13-5-4-11(8-14(13)20)16(25)28-2)18(27,19(21,22)23)12-6-7-24-15(9-12)17(26)29-3/h4-10,27H,1-3H3. The molecular formula is C19H17ClF3NO5. The molecule has 2 atom stereocenters. The lowest BCUT2D eigenvalue weighted by molar-refractivity contribution is -0.274. The van der Waals surface area contributed by atoms with Crippen LogP contribution in [-0.2, 0) is 15.1 Å². The van der Waals surface area contributed by atoms with Crippen LogP contribution in [0.1, 0.15) is 44.8 Å². The molecule has 0 spiro atoms. The van der Waals surface area contributed by atoms with Gasteiger partial charge in [0, 0.05) is 17.1 Å². The summed E-state index contributed by atoms with van der Waals surface area (Å²) in [6, 6.07) is 5.37. The normalized spacial score (nSPS) is 14.6. The van der Waals surface area contributed by atoms with Crippen LogP contribution in [0.5, 0.6) is 0 Å². The molecule has 2 unspecified atom stereocenters. The molecule has 0 saturated carbocycles. The zero-order valence-electron chi connectivity index (χ0n) is 15.6. The fourth-order valence-electron chi connectivity index (χ4n) is 2.89. The van der Waals surface area contributed by atoms with E-state index in [1.807, 2.05) is 0 Å². The Labute approximate surface area is 169 Å². The van der Waals surface area contributed by atoms with E-state index in [-0.39, 0.29) is 16.1 Å². The van der Waals surface area contributed by atoms with Crippen LogP contribution in [0.25, 0.3) is 0 Å². The van der Waals surface area contributed by atoms with E-state index in [2.05, 4.69) is 14.5 Å². The van der Waals surface area contributed by atoms with Crippen molar-refractivity contribution in [2.24, 2.45) is 0 Å². The van der Waals surface area contributed by atoms with E-state index in [0.717, 1.165) is 45.5 Å². The van der Waals surface area contributed by atoms with Crippen molar-refractivity contribution in [3.8, 4) is 0 Å². The number of carbonyl (C=O) groups excluding carboxylic acids is 2. The van der Waals surface area contributed by atoms with Gasteiger partial charge in [0.25, 0.3) is 0 Å². The maximum absolute atomic E-state index is 14.0. The minimum atomic E-state index is -5.13. The molecular weight excluding hydrogens is 415 g/mol. The van der Waals surface area contributed by atoms with Gasteiger partial charge in [0.1, 0.15) is 5.69 Å². The van der Waals surface area contributed by atoms with Gasteiger partial charge in [-0.05, 0) is 35.4 Å². The Morgan fingerprint density at radius 1 is 1.10 bits per heavy atom. The third kappa shape index (κ3) is 4.20. The van der Waals surface area contributed by atoms with Gasteiger partial charge in [-0.25, -0.2) is 14.6 Å². The lowest BCUT2D eigenvalue weighted by Gasteiger charge is -2.37. The van der Waals surface area contributed by atoms with Crippen molar-refractivity contribution in [1.82, 2.24) is 4.98 Å². The Hall–Kier alpha value is -2.65. The Morgan fingerprint density at radius 3 is 2.24 bits per heavy atom. The van der Waals surface area contributed by atoms with E-state index in [1.54, 1.807) is 0 Å². The first-order chi connectivity index (χ1) is 13.5. The predicted molar refractivity (Wildman–Crippen MR) is 96.7 cm³/mol. The number of alkyl halides is 3. The first-order valence-corrected chi connectivity index (χ1v) is 8.56. The van der Waals surface area contributed by atoms with Gasteiger partial charge >= 0.3 is 18.1 Å². The summed E-state index contributed by atoms with van der Waals surface area (Å²) in [5.41, 5.74) is -4.43. The molecule has 0 aliphatic rings. The number of ether oxygens (including phenoxy) is 2. The molecule has 6 nitrogen and oxygen atoms in total. The van der Waals surface area contributed by atoms with Crippen LogP contribution in [0, 0.1) is 0 Å². The van der Waals surface area contributed by atoms with E-state index in [9.17, 15) is 27.9 Å². The molecule has 0 aliphatic heterocycles. The maximum atomic E-state index is 14.0. The smallest absolute Gasteiger partial charge is 0.422 e. The number of esters is 2. The zero-order chi connectivity index (χ0) is 22.0. The van der Waals surface area contributed by atoms with Gasteiger partial charge in [-0.3, -0.25) is 0 Å². The van der Waals surface area contributed by atoms with Crippen molar-refractivity contribution in [2.45, 2.75) is 24.6 Å². The van der Waals surface area contributed by atoms with Gasteiger partial charge in [0.2, 0.25) is 0 Å². The lowest BCUT2D eigenvalue weighted by Crippen LogP contribution is -2.46. The molecule has 1 aromatic carbocycles. The predicted octanol–water partition coefficient (Wildman–Crippen LogP) is 3.86. The second kappa shape index (κ2) is 8.38. The molecule has 1 aromatic heterocycles. The third-order valence-corrected chi connectivity index (χ3v) is 4.87. The summed E-state index contributed by atoms with van der Waals surface area (Å²) in [6.07, 6.45) is -4.17. The van der Waals surface area contributed by atoms with Gasteiger partial charge in [0.15, 0.2) is 5.60 Å². The molecule has 29 heavy (non-hydrogen) atoms. The highest BCUT2D eigenvalue weighted by molar-refractivity contribution is 6.31. The minimum absolute atomic E-state index is 0.0425. The van der Waals surface area contributed by atoms with Crippen molar-refractivity contribution in [3.05, 3.63) is 63.9 Å². The topological polar surface area (TPSA) is 85.7 Å². The third-order valence-electron chi connectivity index (χ3n) is 4.54. The van der Waals surface area contributed by atoms with Gasteiger partial charge in [-0.2, -0.15) is 13.2 Å². The molecule has 1 heterocycles. The van der Waals surface area contributed by atoms with Crippen LogP contribution in [0.15, 0.2) is 36.5 Å². The van der Waals surface area contributed by atoms with Crippen molar-refractivity contribution in [1.29, 1.82) is 0 Å².